The maximum absolute atomic E-state index is 13.2. The normalized spacial score (nSPS) is 25.6. The molecule has 0 spiro atoms. The van der Waals surface area contributed by atoms with E-state index in [1.165, 1.54) is 25.3 Å². The molecule has 94 valence electrons. The molecular weight excluding hydrogens is 237 g/mol. The largest absolute Gasteiger partial charge is 0.327 e. The zero-order valence-electron chi connectivity index (χ0n) is 9.96. The zero-order valence-corrected chi connectivity index (χ0v) is 10.7. The molecule has 1 saturated carbocycles. The van der Waals surface area contributed by atoms with Crippen LogP contribution in [0.25, 0.3) is 0 Å². The summed E-state index contributed by atoms with van der Waals surface area (Å²) in [6.45, 7) is 0. The lowest BCUT2D eigenvalue weighted by atomic mass is 9.89. The Hall–Kier alpha value is -0.600. The Morgan fingerprint density at radius 2 is 2.00 bits per heavy atom. The minimum Gasteiger partial charge on any atom is -0.327 e. The molecule has 1 aliphatic carbocycles. The Bertz CT molecular complexity index is 380. The van der Waals surface area contributed by atoms with Gasteiger partial charge in [0.1, 0.15) is 5.82 Å². The monoisotopic (exact) mass is 255 g/mol. The number of nitrogens with two attached hydrogens (primary N) is 1. The first kappa shape index (κ1) is 12.8. The maximum Gasteiger partial charge on any atom is 0.123 e. The molecule has 0 radical (unpaired) electrons. The van der Waals surface area contributed by atoms with Gasteiger partial charge in [0.25, 0.3) is 0 Å². The number of halogens is 2. The third-order valence-electron chi connectivity index (χ3n) is 3.71. The van der Waals surface area contributed by atoms with Crippen molar-refractivity contribution in [2.24, 2.45) is 11.7 Å². The fourth-order valence-corrected chi connectivity index (χ4v) is 2.84. The summed E-state index contributed by atoms with van der Waals surface area (Å²) in [4.78, 5) is 0. The topological polar surface area (TPSA) is 26.0 Å². The summed E-state index contributed by atoms with van der Waals surface area (Å²) in [6, 6.07) is 4.81. The second-order valence-electron chi connectivity index (χ2n) is 5.00. The van der Waals surface area contributed by atoms with Crippen LogP contribution in [0.4, 0.5) is 4.39 Å². The molecule has 0 heterocycles. The molecule has 17 heavy (non-hydrogen) atoms. The lowest BCUT2D eigenvalue weighted by Crippen LogP contribution is -2.30. The van der Waals surface area contributed by atoms with Gasteiger partial charge in [0, 0.05) is 11.1 Å². The van der Waals surface area contributed by atoms with E-state index in [4.69, 9.17) is 17.3 Å². The third-order valence-corrected chi connectivity index (χ3v) is 4.08. The number of benzene rings is 1. The molecule has 3 heteroatoms. The van der Waals surface area contributed by atoms with Gasteiger partial charge in [0.2, 0.25) is 0 Å². The summed E-state index contributed by atoms with van der Waals surface area (Å²) >= 11 is 6.10. The highest BCUT2D eigenvalue weighted by Gasteiger charge is 2.21. The van der Waals surface area contributed by atoms with Gasteiger partial charge in [0.05, 0.1) is 0 Å². The molecule has 1 aliphatic rings. The van der Waals surface area contributed by atoms with Crippen molar-refractivity contribution in [1.82, 2.24) is 0 Å². The Balaban J connectivity index is 2.10. The van der Waals surface area contributed by atoms with E-state index < -0.39 is 0 Å². The Kier molecular flexibility index (Phi) is 4.41. The van der Waals surface area contributed by atoms with Gasteiger partial charge in [-0.1, -0.05) is 30.9 Å². The molecule has 2 unspecified atom stereocenters. The quantitative estimate of drug-likeness (QED) is 0.797. The SMILES string of the molecule is NC1CCCCCC1Cc1cc(F)ccc1Cl. The van der Waals surface area contributed by atoms with Crippen LogP contribution >= 0.6 is 11.6 Å². The average Bonchev–Trinajstić information content (AvgIpc) is 2.50. The molecule has 2 rings (SSSR count). The lowest BCUT2D eigenvalue weighted by molar-refractivity contribution is 0.395. The second-order valence-corrected chi connectivity index (χ2v) is 5.41. The molecule has 1 fully saturated rings. The van der Waals surface area contributed by atoms with Crippen molar-refractivity contribution in [3.63, 3.8) is 0 Å². The highest BCUT2D eigenvalue weighted by atomic mass is 35.5. The Morgan fingerprint density at radius 3 is 2.82 bits per heavy atom. The summed E-state index contributed by atoms with van der Waals surface area (Å²) < 4.78 is 13.2. The first-order valence-electron chi connectivity index (χ1n) is 6.36. The van der Waals surface area contributed by atoms with Gasteiger partial charge in [-0.3, -0.25) is 0 Å². The fraction of sp³-hybridized carbons (Fsp3) is 0.571. The summed E-state index contributed by atoms with van der Waals surface area (Å²) in [5.74, 6) is 0.225. The van der Waals surface area contributed by atoms with Crippen LogP contribution < -0.4 is 5.73 Å². The van der Waals surface area contributed by atoms with Crippen molar-refractivity contribution in [2.75, 3.05) is 0 Å². The molecule has 0 bridgehead atoms. The minimum absolute atomic E-state index is 0.216. The first-order valence-corrected chi connectivity index (χ1v) is 6.74. The van der Waals surface area contributed by atoms with Crippen LogP contribution in [0.2, 0.25) is 5.02 Å². The summed E-state index contributed by atoms with van der Waals surface area (Å²) in [6.07, 6.45) is 6.73. The number of hydrogen-bond donors (Lipinski definition) is 1. The van der Waals surface area contributed by atoms with E-state index in [0.717, 1.165) is 24.8 Å². The van der Waals surface area contributed by atoms with Crippen molar-refractivity contribution in [3.8, 4) is 0 Å². The molecule has 0 saturated heterocycles. The van der Waals surface area contributed by atoms with E-state index in [2.05, 4.69) is 0 Å². The van der Waals surface area contributed by atoms with Crippen molar-refractivity contribution in [2.45, 2.75) is 44.6 Å². The fourth-order valence-electron chi connectivity index (χ4n) is 2.65. The van der Waals surface area contributed by atoms with Crippen molar-refractivity contribution < 1.29 is 4.39 Å². The van der Waals surface area contributed by atoms with E-state index in [1.807, 2.05) is 0 Å². The molecule has 0 aliphatic heterocycles. The van der Waals surface area contributed by atoms with E-state index in [9.17, 15) is 4.39 Å². The van der Waals surface area contributed by atoms with Crippen LogP contribution in [0, 0.1) is 11.7 Å². The summed E-state index contributed by atoms with van der Waals surface area (Å²) in [7, 11) is 0. The molecule has 0 aromatic heterocycles. The van der Waals surface area contributed by atoms with Crippen LogP contribution in [-0.2, 0) is 6.42 Å². The Labute approximate surface area is 107 Å². The first-order chi connectivity index (χ1) is 8.16. The zero-order chi connectivity index (χ0) is 12.3. The van der Waals surface area contributed by atoms with Crippen LogP contribution in [0.15, 0.2) is 18.2 Å². The van der Waals surface area contributed by atoms with E-state index >= 15 is 0 Å². The van der Waals surface area contributed by atoms with Gasteiger partial charge in [-0.05, 0) is 48.9 Å². The minimum atomic E-state index is -0.216. The van der Waals surface area contributed by atoms with Gasteiger partial charge in [-0.2, -0.15) is 0 Å². The number of hydrogen-bond acceptors (Lipinski definition) is 1. The van der Waals surface area contributed by atoms with Gasteiger partial charge >= 0.3 is 0 Å². The average molecular weight is 256 g/mol. The van der Waals surface area contributed by atoms with E-state index in [-0.39, 0.29) is 11.9 Å². The molecular formula is C14H19ClFN. The molecule has 2 atom stereocenters. The van der Waals surface area contributed by atoms with Gasteiger partial charge < -0.3 is 5.73 Å². The van der Waals surface area contributed by atoms with Gasteiger partial charge in [0.15, 0.2) is 0 Å². The predicted molar refractivity (Wildman–Crippen MR) is 69.7 cm³/mol. The van der Waals surface area contributed by atoms with Crippen LogP contribution in [0.5, 0.6) is 0 Å². The highest BCUT2D eigenvalue weighted by molar-refractivity contribution is 6.31. The van der Waals surface area contributed by atoms with Crippen LogP contribution in [0.3, 0.4) is 0 Å². The van der Waals surface area contributed by atoms with Crippen LogP contribution in [0.1, 0.15) is 37.7 Å². The third kappa shape index (κ3) is 3.43. The van der Waals surface area contributed by atoms with E-state index in [0.29, 0.717) is 10.9 Å². The van der Waals surface area contributed by atoms with Gasteiger partial charge in [-0.15, -0.1) is 0 Å². The smallest absolute Gasteiger partial charge is 0.123 e. The van der Waals surface area contributed by atoms with Gasteiger partial charge in [-0.25, -0.2) is 4.39 Å². The van der Waals surface area contributed by atoms with Crippen molar-refractivity contribution in [1.29, 1.82) is 0 Å². The molecule has 1 aromatic rings. The van der Waals surface area contributed by atoms with Crippen molar-refractivity contribution in [3.05, 3.63) is 34.6 Å². The Morgan fingerprint density at radius 1 is 1.24 bits per heavy atom. The van der Waals surface area contributed by atoms with Crippen LogP contribution in [-0.4, -0.2) is 6.04 Å². The molecule has 1 aromatic carbocycles. The van der Waals surface area contributed by atoms with E-state index in [1.54, 1.807) is 12.1 Å². The lowest BCUT2D eigenvalue weighted by Gasteiger charge is -2.21. The molecule has 2 N–H and O–H groups in total. The molecule has 1 nitrogen and oxygen atoms in total. The standard InChI is InChI=1S/C14H19ClFN/c15-13-7-6-12(16)9-11(13)8-10-4-2-1-3-5-14(10)17/h6-7,9-10,14H,1-5,8,17H2. The number of rotatable bonds is 2. The second kappa shape index (κ2) is 5.83. The van der Waals surface area contributed by atoms with Crippen molar-refractivity contribution >= 4 is 11.6 Å². The molecule has 0 amide bonds. The summed E-state index contributed by atoms with van der Waals surface area (Å²) in [5, 5.41) is 0.655. The predicted octanol–water partition coefficient (Wildman–Crippen LogP) is 3.93. The highest BCUT2D eigenvalue weighted by Crippen LogP contribution is 2.28. The maximum atomic E-state index is 13.2. The summed E-state index contributed by atoms with van der Waals surface area (Å²) in [5.41, 5.74) is 7.08.